The molecule has 3 aromatic rings. The van der Waals surface area contributed by atoms with Crippen molar-refractivity contribution in [1.29, 1.82) is 0 Å². The van der Waals surface area contributed by atoms with Crippen LogP contribution in [-0.2, 0) is 6.54 Å². The molecule has 0 aliphatic carbocycles. The summed E-state index contributed by atoms with van der Waals surface area (Å²) in [6, 6.07) is 16.5. The van der Waals surface area contributed by atoms with Crippen LogP contribution in [0.15, 0.2) is 54.7 Å². The highest BCUT2D eigenvalue weighted by Crippen LogP contribution is 2.25. The molecule has 1 N–H and O–H groups in total. The number of methoxy groups -OCH3 is 1. The van der Waals surface area contributed by atoms with Crippen molar-refractivity contribution in [2.45, 2.75) is 13.5 Å². The smallest absolute Gasteiger partial charge is 0.134 e. The molecule has 1 heterocycles. The lowest BCUT2D eigenvalue weighted by atomic mass is 10.1. The maximum atomic E-state index is 5.26. The maximum Gasteiger partial charge on any atom is 0.134 e. The van der Waals surface area contributed by atoms with Crippen LogP contribution in [0.1, 0.15) is 11.1 Å². The molecule has 0 aliphatic rings. The van der Waals surface area contributed by atoms with Gasteiger partial charge >= 0.3 is 0 Å². The quantitative estimate of drug-likeness (QED) is 0.778. The molecular formula is C18H18N2O. The number of nitrogens with zero attached hydrogens (tertiary/aromatic N) is 1. The average Bonchev–Trinajstić information content (AvgIpc) is 2.52. The van der Waals surface area contributed by atoms with E-state index in [-0.39, 0.29) is 0 Å². The van der Waals surface area contributed by atoms with Crippen molar-refractivity contribution in [3.05, 3.63) is 65.9 Å². The second-order valence-electron chi connectivity index (χ2n) is 5.09. The van der Waals surface area contributed by atoms with Crippen molar-refractivity contribution in [2.24, 2.45) is 0 Å². The summed E-state index contributed by atoms with van der Waals surface area (Å²) in [5.74, 6) is 1.76. The number of rotatable bonds is 4. The molecule has 0 saturated carbocycles. The lowest BCUT2D eigenvalue weighted by molar-refractivity contribution is 0.415. The molecule has 0 saturated heterocycles. The Morgan fingerprint density at radius 2 is 2.00 bits per heavy atom. The number of fused-ring (bicyclic) bond motifs is 1. The van der Waals surface area contributed by atoms with Crippen molar-refractivity contribution < 1.29 is 4.74 Å². The second kappa shape index (κ2) is 5.83. The number of ether oxygens (including phenoxy) is 1. The van der Waals surface area contributed by atoms with E-state index in [0.29, 0.717) is 0 Å². The molecule has 3 rings (SSSR count). The zero-order chi connectivity index (χ0) is 14.7. The van der Waals surface area contributed by atoms with Gasteiger partial charge in [-0.3, -0.25) is 0 Å². The van der Waals surface area contributed by atoms with E-state index in [1.807, 2.05) is 30.5 Å². The first-order valence-electron chi connectivity index (χ1n) is 6.98. The van der Waals surface area contributed by atoms with Crippen molar-refractivity contribution in [3.63, 3.8) is 0 Å². The number of benzene rings is 2. The third-order valence-corrected chi connectivity index (χ3v) is 3.51. The Labute approximate surface area is 124 Å². The minimum atomic E-state index is 0.764. The van der Waals surface area contributed by atoms with Gasteiger partial charge in [-0.25, -0.2) is 4.98 Å². The molecule has 21 heavy (non-hydrogen) atoms. The summed E-state index contributed by atoms with van der Waals surface area (Å²) in [5, 5.41) is 5.64. The summed E-state index contributed by atoms with van der Waals surface area (Å²) in [6.07, 6.45) is 1.82. The lowest BCUT2D eigenvalue weighted by Gasteiger charge is -2.10. The van der Waals surface area contributed by atoms with E-state index in [1.165, 1.54) is 11.1 Å². The lowest BCUT2D eigenvalue weighted by Crippen LogP contribution is -2.02. The van der Waals surface area contributed by atoms with Crippen molar-refractivity contribution in [1.82, 2.24) is 4.98 Å². The molecule has 0 bridgehead atoms. The molecule has 0 aliphatic heterocycles. The van der Waals surface area contributed by atoms with Gasteiger partial charge in [0.1, 0.15) is 11.6 Å². The van der Waals surface area contributed by atoms with Crippen molar-refractivity contribution in [3.8, 4) is 5.75 Å². The van der Waals surface area contributed by atoms with Gasteiger partial charge in [-0.15, -0.1) is 0 Å². The van der Waals surface area contributed by atoms with Gasteiger partial charge in [0.15, 0.2) is 0 Å². The SMILES string of the molecule is COc1ccc2c(NCc3cccc(C)c3)nccc2c1. The standard InChI is InChI=1S/C18H18N2O/c1-13-4-3-5-14(10-13)12-20-18-17-7-6-16(21-2)11-15(17)8-9-19-18/h3-11H,12H2,1-2H3,(H,19,20). The molecule has 0 spiro atoms. The Kier molecular flexibility index (Phi) is 3.73. The number of aryl methyl sites for hydroxylation is 1. The van der Waals surface area contributed by atoms with Crippen LogP contribution in [0.2, 0.25) is 0 Å². The summed E-state index contributed by atoms with van der Waals surface area (Å²) >= 11 is 0. The minimum absolute atomic E-state index is 0.764. The fraction of sp³-hybridized carbons (Fsp3) is 0.167. The highest BCUT2D eigenvalue weighted by Gasteiger charge is 2.03. The predicted octanol–water partition coefficient (Wildman–Crippen LogP) is 4.16. The summed E-state index contributed by atoms with van der Waals surface area (Å²) < 4.78 is 5.26. The molecule has 0 atom stereocenters. The zero-order valence-electron chi connectivity index (χ0n) is 12.3. The first-order chi connectivity index (χ1) is 10.3. The predicted molar refractivity (Wildman–Crippen MR) is 86.8 cm³/mol. The molecule has 106 valence electrons. The van der Waals surface area contributed by atoms with Gasteiger partial charge < -0.3 is 10.1 Å². The number of anilines is 1. The first kappa shape index (κ1) is 13.4. The number of nitrogens with one attached hydrogen (secondary N) is 1. The van der Waals surface area contributed by atoms with Crippen LogP contribution >= 0.6 is 0 Å². The number of hydrogen-bond acceptors (Lipinski definition) is 3. The second-order valence-corrected chi connectivity index (χ2v) is 5.09. The normalized spacial score (nSPS) is 10.6. The van der Waals surface area contributed by atoms with E-state index in [4.69, 9.17) is 4.74 Å². The molecule has 3 nitrogen and oxygen atoms in total. The Hall–Kier alpha value is -2.55. The Morgan fingerprint density at radius 3 is 2.81 bits per heavy atom. The van der Waals surface area contributed by atoms with E-state index in [0.717, 1.165) is 28.9 Å². The van der Waals surface area contributed by atoms with Crippen LogP contribution in [0.25, 0.3) is 10.8 Å². The summed E-state index contributed by atoms with van der Waals surface area (Å²) in [5.41, 5.74) is 2.52. The van der Waals surface area contributed by atoms with E-state index < -0.39 is 0 Å². The molecule has 1 aromatic heterocycles. The Morgan fingerprint density at radius 1 is 1.10 bits per heavy atom. The van der Waals surface area contributed by atoms with Gasteiger partial charge in [-0.2, -0.15) is 0 Å². The van der Waals surface area contributed by atoms with Crippen LogP contribution in [0, 0.1) is 6.92 Å². The van der Waals surface area contributed by atoms with E-state index in [2.05, 4.69) is 41.5 Å². The fourth-order valence-electron chi connectivity index (χ4n) is 2.43. The number of hydrogen-bond donors (Lipinski definition) is 1. The topological polar surface area (TPSA) is 34.1 Å². The first-order valence-corrected chi connectivity index (χ1v) is 6.98. The van der Waals surface area contributed by atoms with E-state index in [9.17, 15) is 0 Å². The molecule has 0 radical (unpaired) electrons. The molecule has 2 aromatic carbocycles. The zero-order valence-corrected chi connectivity index (χ0v) is 12.3. The van der Waals surface area contributed by atoms with Gasteiger partial charge in [0, 0.05) is 18.1 Å². The third kappa shape index (κ3) is 2.97. The fourth-order valence-corrected chi connectivity index (χ4v) is 2.43. The summed E-state index contributed by atoms with van der Waals surface area (Å²) in [4.78, 5) is 4.45. The minimum Gasteiger partial charge on any atom is -0.497 e. The highest BCUT2D eigenvalue weighted by molar-refractivity contribution is 5.92. The molecule has 3 heteroatoms. The molecular weight excluding hydrogens is 260 g/mol. The Bertz CT molecular complexity index is 768. The van der Waals surface area contributed by atoms with Crippen molar-refractivity contribution >= 4 is 16.6 Å². The van der Waals surface area contributed by atoms with Gasteiger partial charge in [0.2, 0.25) is 0 Å². The largest absolute Gasteiger partial charge is 0.497 e. The van der Waals surface area contributed by atoms with Gasteiger partial charge in [-0.05, 0) is 42.1 Å². The Balaban J connectivity index is 1.87. The van der Waals surface area contributed by atoms with E-state index in [1.54, 1.807) is 7.11 Å². The van der Waals surface area contributed by atoms with E-state index >= 15 is 0 Å². The van der Waals surface area contributed by atoms with Gasteiger partial charge in [0.05, 0.1) is 7.11 Å². The van der Waals surface area contributed by atoms with Crippen LogP contribution in [-0.4, -0.2) is 12.1 Å². The van der Waals surface area contributed by atoms with Gasteiger partial charge in [0.25, 0.3) is 0 Å². The molecule has 0 unspecified atom stereocenters. The number of pyridine rings is 1. The molecule has 0 fully saturated rings. The summed E-state index contributed by atoms with van der Waals surface area (Å²) in [7, 11) is 1.68. The van der Waals surface area contributed by atoms with Crippen LogP contribution in [0.3, 0.4) is 0 Å². The highest BCUT2D eigenvalue weighted by atomic mass is 16.5. The van der Waals surface area contributed by atoms with Crippen LogP contribution in [0.5, 0.6) is 5.75 Å². The average molecular weight is 278 g/mol. The maximum absolute atomic E-state index is 5.26. The van der Waals surface area contributed by atoms with Crippen LogP contribution < -0.4 is 10.1 Å². The third-order valence-electron chi connectivity index (χ3n) is 3.51. The van der Waals surface area contributed by atoms with Crippen molar-refractivity contribution in [2.75, 3.05) is 12.4 Å². The van der Waals surface area contributed by atoms with Gasteiger partial charge in [-0.1, -0.05) is 29.8 Å². The monoisotopic (exact) mass is 278 g/mol. The number of aromatic nitrogens is 1. The molecule has 0 amide bonds. The summed E-state index contributed by atoms with van der Waals surface area (Å²) in [6.45, 7) is 2.87. The van der Waals surface area contributed by atoms with Crippen LogP contribution in [0.4, 0.5) is 5.82 Å².